The number of benzene rings is 1. The molecule has 0 aliphatic heterocycles. The highest BCUT2D eigenvalue weighted by atomic mass is 35.5. The van der Waals surface area contributed by atoms with Crippen LogP contribution >= 0.6 is 23.4 Å². The van der Waals surface area contributed by atoms with E-state index in [1.165, 1.54) is 11.8 Å². The van der Waals surface area contributed by atoms with Crippen LogP contribution in [0.5, 0.6) is 0 Å². The summed E-state index contributed by atoms with van der Waals surface area (Å²) in [7, 11) is 0. The van der Waals surface area contributed by atoms with Gasteiger partial charge >= 0.3 is 0 Å². The molecule has 3 rings (SSSR count). The summed E-state index contributed by atoms with van der Waals surface area (Å²) in [6.07, 6.45) is 2.14. The van der Waals surface area contributed by atoms with Crippen molar-refractivity contribution in [3.8, 4) is 0 Å². The monoisotopic (exact) mass is 389 g/mol. The van der Waals surface area contributed by atoms with Crippen molar-refractivity contribution in [1.29, 1.82) is 0 Å². The van der Waals surface area contributed by atoms with Gasteiger partial charge in [-0.15, -0.1) is 5.10 Å². The maximum absolute atomic E-state index is 12.6. The molecule has 0 radical (unpaired) electrons. The van der Waals surface area contributed by atoms with Crippen LogP contribution in [0.1, 0.15) is 35.5 Å². The van der Waals surface area contributed by atoms with Crippen molar-refractivity contribution < 1.29 is 4.79 Å². The van der Waals surface area contributed by atoms with E-state index >= 15 is 0 Å². The Morgan fingerprint density at radius 2 is 2.04 bits per heavy atom. The van der Waals surface area contributed by atoms with E-state index in [0.717, 1.165) is 22.5 Å². The molecule has 8 heteroatoms. The van der Waals surface area contributed by atoms with Gasteiger partial charge in [0.1, 0.15) is 0 Å². The minimum Gasteiger partial charge on any atom is -0.349 e. The zero-order valence-electron chi connectivity index (χ0n) is 15.1. The molecule has 136 valence electrons. The third-order valence-corrected chi connectivity index (χ3v) is 5.18. The Morgan fingerprint density at radius 1 is 1.31 bits per heavy atom. The standard InChI is InChI=1S/C18H20ClN5OS/c1-10(13-7-5-6-8-15(13)19)20-16(25)9-14-11(2)21-17-22-18(26-4)23-24(17)12(14)3/h5-8,10H,9H2,1-4H3,(H,20,25). The molecule has 2 aromatic heterocycles. The number of amides is 1. The predicted molar refractivity (Wildman–Crippen MR) is 104 cm³/mol. The summed E-state index contributed by atoms with van der Waals surface area (Å²) in [5, 5.41) is 8.72. The molecule has 6 nitrogen and oxygen atoms in total. The van der Waals surface area contributed by atoms with Crippen LogP contribution in [0.25, 0.3) is 5.78 Å². The largest absolute Gasteiger partial charge is 0.349 e. The summed E-state index contributed by atoms with van der Waals surface area (Å²) in [6, 6.07) is 7.33. The molecule has 0 fully saturated rings. The number of halogens is 1. The Labute approximate surface area is 161 Å². The van der Waals surface area contributed by atoms with Gasteiger partial charge in [0, 0.05) is 22.0 Å². The molecule has 1 atom stereocenters. The Bertz CT molecular complexity index is 972. The summed E-state index contributed by atoms with van der Waals surface area (Å²) >= 11 is 7.67. The molecule has 1 aromatic carbocycles. The van der Waals surface area contributed by atoms with Crippen molar-refractivity contribution in [2.45, 2.75) is 38.4 Å². The fraction of sp³-hybridized carbons (Fsp3) is 0.333. The van der Waals surface area contributed by atoms with Crippen LogP contribution < -0.4 is 5.32 Å². The highest BCUT2D eigenvalue weighted by Gasteiger charge is 2.18. The molecule has 1 N–H and O–H groups in total. The molecule has 1 unspecified atom stereocenters. The second kappa shape index (κ2) is 7.63. The number of nitrogens with zero attached hydrogens (tertiary/aromatic N) is 4. The van der Waals surface area contributed by atoms with E-state index in [0.29, 0.717) is 16.0 Å². The van der Waals surface area contributed by atoms with Crippen molar-refractivity contribution in [3.63, 3.8) is 0 Å². The van der Waals surface area contributed by atoms with Crippen LogP contribution in [0, 0.1) is 13.8 Å². The number of hydrogen-bond acceptors (Lipinski definition) is 5. The third kappa shape index (κ3) is 3.68. The fourth-order valence-corrected chi connectivity index (χ4v) is 3.53. The molecule has 0 bridgehead atoms. The number of aromatic nitrogens is 4. The quantitative estimate of drug-likeness (QED) is 0.676. The Hall–Kier alpha value is -2.12. The number of carbonyl (C=O) groups is 1. The predicted octanol–water partition coefficient (Wildman–Crippen LogP) is 3.54. The first-order valence-corrected chi connectivity index (χ1v) is 9.81. The number of rotatable bonds is 5. The Balaban J connectivity index is 1.82. The highest BCUT2D eigenvalue weighted by molar-refractivity contribution is 7.98. The van der Waals surface area contributed by atoms with Gasteiger partial charge in [0.15, 0.2) is 0 Å². The molecule has 1 amide bonds. The molecule has 0 aliphatic rings. The van der Waals surface area contributed by atoms with Crippen molar-refractivity contribution in [2.24, 2.45) is 0 Å². The molecular formula is C18H20ClN5OS. The number of fused-ring (bicyclic) bond motifs is 1. The van der Waals surface area contributed by atoms with Gasteiger partial charge < -0.3 is 5.32 Å². The van der Waals surface area contributed by atoms with E-state index in [1.54, 1.807) is 4.52 Å². The van der Waals surface area contributed by atoms with Crippen LogP contribution in [0.3, 0.4) is 0 Å². The van der Waals surface area contributed by atoms with E-state index in [4.69, 9.17) is 11.6 Å². The Kier molecular flexibility index (Phi) is 5.48. The second-order valence-corrected chi connectivity index (χ2v) is 7.24. The highest BCUT2D eigenvalue weighted by Crippen LogP contribution is 2.23. The molecule has 0 spiro atoms. The first kappa shape index (κ1) is 18.7. The average Bonchev–Trinajstić information content (AvgIpc) is 3.02. The lowest BCUT2D eigenvalue weighted by Gasteiger charge is -2.17. The lowest BCUT2D eigenvalue weighted by molar-refractivity contribution is -0.121. The van der Waals surface area contributed by atoms with Gasteiger partial charge in [-0.3, -0.25) is 4.79 Å². The van der Waals surface area contributed by atoms with Gasteiger partial charge in [-0.2, -0.15) is 4.98 Å². The topological polar surface area (TPSA) is 72.2 Å². The molecular weight excluding hydrogens is 370 g/mol. The number of hydrogen-bond donors (Lipinski definition) is 1. The number of nitrogens with one attached hydrogen (secondary N) is 1. The van der Waals surface area contributed by atoms with Crippen LogP contribution in [-0.2, 0) is 11.2 Å². The number of thioether (sulfide) groups is 1. The molecule has 0 saturated heterocycles. The molecule has 0 aliphatic carbocycles. The number of carbonyl (C=O) groups excluding carboxylic acids is 1. The Morgan fingerprint density at radius 3 is 2.73 bits per heavy atom. The van der Waals surface area contributed by atoms with Gasteiger partial charge in [-0.1, -0.05) is 41.6 Å². The van der Waals surface area contributed by atoms with Gasteiger partial charge in [0.2, 0.25) is 11.1 Å². The summed E-state index contributed by atoms with van der Waals surface area (Å²) in [5.41, 5.74) is 3.42. The molecule has 26 heavy (non-hydrogen) atoms. The van der Waals surface area contributed by atoms with Crippen molar-refractivity contribution >= 4 is 35.0 Å². The minimum absolute atomic E-state index is 0.0880. The molecule has 3 aromatic rings. The van der Waals surface area contributed by atoms with Crippen molar-refractivity contribution in [1.82, 2.24) is 24.9 Å². The van der Waals surface area contributed by atoms with Gasteiger partial charge in [-0.25, -0.2) is 9.50 Å². The average molecular weight is 390 g/mol. The number of aryl methyl sites for hydroxylation is 2. The zero-order chi connectivity index (χ0) is 18.8. The summed E-state index contributed by atoms with van der Waals surface area (Å²) < 4.78 is 1.69. The first-order chi connectivity index (χ1) is 12.4. The third-order valence-electron chi connectivity index (χ3n) is 4.30. The van der Waals surface area contributed by atoms with E-state index in [2.05, 4.69) is 20.4 Å². The van der Waals surface area contributed by atoms with E-state index in [1.807, 2.05) is 51.3 Å². The zero-order valence-corrected chi connectivity index (χ0v) is 16.6. The fourth-order valence-electron chi connectivity index (χ4n) is 2.89. The van der Waals surface area contributed by atoms with Crippen molar-refractivity contribution in [2.75, 3.05) is 6.26 Å². The molecule has 0 saturated carbocycles. The van der Waals surface area contributed by atoms with Gasteiger partial charge in [-0.05, 0) is 38.7 Å². The minimum atomic E-state index is -0.178. The van der Waals surface area contributed by atoms with E-state index in [9.17, 15) is 4.79 Å². The maximum atomic E-state index is 12.6. The van der Waals surface area contributed by atoms with Gasteiger partial charge in [0.05, 0.1) is 12.5 Å². The maximum Gasteiger partial charge on any atom is 0.253 e. The van der Waals surface area contributed by atoms with Gasteiger partial charge in [0.25, 0.3) is 5.78 Å². The van der Waals surface area contributed by atoms with Crippen LogP contribution in [0.4, 0.5) is 0 Å². The molecule has 2 heterocycles. The lowest BCUT2D eigenvalue weighted by Crippen LogP contribution is -2.29. The smallest absolute Gasteiger partial charge is 0.253 e. The van der Waals surface area contributed by atoms with Crippen molar-refractivity contribution in [3.05, 3.63) is 51.8 Å². The van der Waals surface area contributed by atoms with Crippen LogP contribution in [0.2, 0.25) is 5.02 Å². The summed E-state index contributed by atoms with van der Waals surface area (Å²) in [4.78, 5) is 21.4. The van der Waals surface area contributed by atoms with Crippen LogP contribution in [-0.4, -0.2) is 31.7 Å². The lowest BCUT2D eigenvalue weighted by atomic mass is 10.1. The SMILES string of the molecule is CSc1nc2nc(C)c(CC(=O)NC(C)c3ccccc3Cl)c(C)n2n1. The first-order valence-electron chi connectivity index (χ1n) is 8.21. The summed E-state index contributed by atoms with van der Waals surface area (Å²) in [6.45, 7) is 5.74. The van der Waals surface area contributed by atoms with Crippen LogP contribution in [0.15, 0.2) is 29.4 Å². The van der Waals surface area contributed by atoms with E-state index < -0.39 is 0 Å². The summed E-state index contributed by atoms with van der Waals surface area (Å²) in [5.74, 6) is 0.466. The normalized spacial score (nSPS) is 12.3. The second-order valence-electron chi connectivity index (χ2n) is 6.06. The van der Waals surface area contributed by atoms with E-state index in [-0.39, 0.29) is 18.4 Å².